The van der Waals surface area contributed by atoms with Gasteiger partial charge in [-0.2, -0.15) is 9.97 Å². The molecule has 0 aliphatic heterocycles. The van der Waals surface area contributed by atoms with Crippen molar-refractivity contribution in [3.8, 4) is 45.5 Å². The summed E-state index contributed by atoms with van der Waals surface area (Å²) in [6.07, 6.45) is 0. The fourth-order valence-electron chi connectivity index (χ4n) is 6.46. The second-order valence-electron chi connectivity index (χ2n) is 11.6. The molecule has 0 aliphatic rings. The van der Waals surface area contributed by atoms with Gasteiger partial charge in [0.1, 0.15) is 0 Å². The predicted molar refractivity (Wildman–Crippen MR) is 205 cm³/mol. The van der Waals surface area contributed by atoms with Crippen molar-refractivity contribution in [1.29, 1.82) is 0 Å². The number of nitrogens with zero attached hydrogens (tertiary/aromatic N) is 5. The van der Waals surface area contributed by atoms with Crippen LogP contribution < -0.4 is 0 Å². The van der Waals surface area contributed by atoms with E-state index in [4.69, 9.17) is 25.9 Å². The van der Waals surface area contributed by atoms with Crippen molar-refractivity contribution in [3.63, 3.8) is 0 Å². The van der Waals surface area contributed by atoms with Crippen LogP contribution in [-0.4, -0.2) is 24.1 Å². The van der Waals surface area contributed by atoms with Gasteiger partial charge in [-0.15, -0.1) is 0 Å². The summed E-state index contributed by atoms with van der Waals surface area (Å²) in [5.74, 6) is -0.695. The third-order valence-corrected chi connectivity index (χ3v) is 8.75. The lowest BCUT2D eigenvalue weighted by Crippen LogP contribution is -2.06. The zero-order chi connectivity index (χ0) is 43.5. The molecule has 0 bridgehead atoms. The van der Waals surface area contributed by atoms with E-state index < -0.39 is 60.4 Å². The van der Waals surface area contributed by atoms with Crippen molar-refractivity contribution in [1.82, 2.24) is 24.1 Å². The Kier molecular flexibility index (Phi) is 4.24. The number of aromatic nitrogens is 5. The lowest BCUT2D eigenvalue weighted by molar-refractivity contribution is 0.953. The molecule has 3 heterocycles. The van der Waals surface area contributed by atoms with Gasteiger partial charge in [-0.3, -0.25) is 4.57 Å². The number of para-hydroxylation sites is 4. The minimum absolute atomic E-state index is 0.00143. The molecule has 0 unspecified atom stereocenters. The standard InChI is InChI=1S/C45H29N5/c1-2-12-30(13-3-1)31-22-24-32(25-23-31)43-46-44(48-45(47-43)50-41-20-10-6-16-37(41)38-17-7-11-21-42(38)50)33-26-28-34(29-27-33)49-39-18-8-4-14-35(39)36-15-5-9-19-40(36)49/h1-29H/i6D,7D,10D,11D,16D,17D,20D,21D,26D,27D,28D,29D. The average Bonchev–Trinajstić information content (AvgIpc) is 3.83. The molecule has 0 fully saturated rings. The number of rotatable bonds is 5. The Morgan fingerprint density at radius 2 is 0.860 bits per heavy atom. The second kappa shape index (κ2) is 11.4. The molecular formula is C45H29N5. The quantitative estimate of drug-likeness (QED) is 0.186. The van der Waals surface area contributed by atoms with Crippen molar-refractivity contribution in [2.24, 2.45) is 0 Å². The van der Waals surface area contributed by atoms with Crippen LogP contribution in [0, 0.1) is 0 Å². The fraction of sp³-hybridized carbons (Fsp3) is 0. The van der Waals surface area contributed by atoms with E-state index in [1.165, 1.54) is 0 Å². The van der Waals surface area contributed by atoms with E-state index in [1.807, 2.05) is 91.0 Å². The number of benzene rings is 7. The molecule has 5 nitrogen and oxygen atoms in total. The van der Waals surface area contributed by atoms with Crippen molar-refractivity contribution in [2.75, 3.05) is 0 Å². The summed E-state index contributed by atoms with van der Waals surface area (Å²) in [5.41, 5.74) is 2.83. The molecule has 0 aliphatic carbocycles. The van der Waals surface area contributed by atoms with Gasteiger partial charge < -0.3 is 4.57 Å². The van der Waals surface area contributed by atoms with Crippen LogP contribution in [0.25, 0.3) is 89.2 Å². The van der Waals surface area contributed by atoms with Gasteiger partial charge in [-0.25, -0.2) is 4.98 Å². The zero-order valence-corrected chi connectivity index (χ0v) is 26.1. The number of hydrogen-bond acceptors (Lipinski definition) is 3. The van der Waals surface area contributed by atoms with Gasteiger partial charge in [-0.1, -0.05) is 127 Å². The molecule has 50 heavy (non-hydrogen) atoms. The molecule has 0 radical (unpaired) electrons. The van der Waals surface area contributed by atoms with Crippen LogP contribution in [0.15, 0.2) is 176 Å². The summed E-state index contributed by atoms with van der Waals surface area (Å²) >= 11 is 0. The molecule has 10 rings (SSSR count). The maximum absolute atomic E-state index is 9.45. The van der Waals surface area contributed by atoms with E-state index in [-0.39, 0.29) is 62.7 Å². The van der Waals surface area contributed by atoms with Crippen molar-refractivity contribution in [3.05, 3.63) is 176 Å². The van der Waals surface area contributed by atoms with Crippen LogP contribution >= 0.6 is 0 Å². The van der Waals surface area contributed by atoms with Crippen molar-refractivity contribution >= 4 is 43.6 Å². The highest BCUT2D eigenvalue weighted by Gasteiger charge is 2.18. The highest BCUT2D eigenvalue weighted by molar-refractivity contribution is 6.10. The van der Waals surface area contributed by atoms with Crippen LogP contribution in [0.3, 0.4) is 0 Å². The average molecular weight is 652 g/mol. The summed E-state index contributed by atoms with van der Waals surface area (Å²) < 4.78 is 111. The monoisotopic (exact) mass is 651 g/mol. The third-order valence-electron chi connectivity index (χ3n) is 8.75. The lowest BCUT2D eigenvalue weighted by atomic mass is 10.0. The second-order valence-corrected chi connectivity index (χ2v) is 11.6. The molecule has 10 aromatic rings. The van der Waals surface area contributed by atoms with Crippen molar-refractivity contribution < 1.29 is 16.4 Å². The molecule has 5 heteroatoms. The highest BCUT2D eigenvalue weighted by Crippen LogP contribution is 2.34. The Balaban J connectivity index is 1.30. The first kappa shape index (κ1) is 18.6. The Hall–Kier alpha value is -6.85. The van der Waals surface area contributed by atoms with Gasteiger partial charge in [0.15, 0.2) is 11.6 Å². The first-order valence-electron chi connectivity index (χ1n) is 21.8. The Labute approximate surface area is 305 Å². The lowest BCUT2D eigenvalue weighted by Gasteiger charge is -2.12. The molecule has 0 N–H and O–H groups in total. The van der Waals surface area contributed by atoms with Crippen LogP contribution in [-0.2, 0) is 0 Å². The smallest absolute Gasteiger partial charge is 0.238 e. The van der Waals surface area contributed by atoms with E-state index in [2.05, 4.69) is 0 Å². The third kappa shape index (κ3) is 4.52. The Morgan fingerprint density at radius 3 is 1.48 bits per heavy atom. The molecule has 234 valence electrons. The Morgan fingerprint density at radius 1 is 0.360 bits per heavy atom. The minimum atomic E-state index is -0.631. The molecule has 7 aromatic carbocycles. The Bertz CT molecular complexity index is 3390. The number of hydrogen-bond donors (Lipinski definition) is 0. The SMILES string of the molecule is [2H]c1c([2H])c(-n2c3ccccc3c3ccccc32)c([2H])c([2H])c1-c1nc(-c2ccc(-c3ccccc3)cc2)nc(-n2c3c([2H])c([2H])c([2H])c([2H])c3c3c([2H])c([2H])c([2H])c([2H])c32)n1. The highest BCUT2D eigenvalue weighted by atomic mass is 15.2. The number of fused-ring (bicyclic) bond motifs is 6. The molecular weight excluding hydrogens is 611 g/mol. The van der Waals surface area contributed by atoms with E-state index in [0.29, 0.717) is 16.6 Å². The summed E-state index contributed by atoms with van der Waals surface area (Å²) in [7, 11) is 0. The van der Waals surface area contributed by atoms with Gasteiger partial charge in [-0.05, 0) is 59.5 Å². The van der Waals surface area contributed by atoms with E-state index >= 15 is 0 Å². The molecule has 0 spiro atoms. The van der Waals surface area contributed by atoms with Crippen LogP contribution in [0.2, 0.25) is 0 Å². The fourth-order valence-corrected chi connectivity index (χ4v) is 6.46. The van der Waals surface area contributed by atoms with E-state index in [9.17, 15) is 5.48 Å². The maximum atomic E-state index is 9.45. The summed E-state index contributed by atoms with van der Waals surface area (Å²) in [4.78, 5) is 14.2. The van der Waals surface area contributed by atoms with E-state index in [0.717, 1.165) is 26.5 Å². The van der Waals surface area contributed by atoms with Crippen LogP contribution in [0.4, 0.5) is 0 Å². The molecule has 0 saturated heterocycles. The predicted octanol–water partition coefficient (Wildman–Crippen LogP) is 11.1. The maximum Gasteiger partial charge on any atom is 0.238 e. The van der Waals surface area contributed by atoms with Crippen molar-refractivity contribution in [2.45, 2.75) is 0 Å². The van der Waals surface area contributed by atoms with Gasteiger partial charge in [0.05, 0.1) is 38.5 Å². The normalized spacial score (nSPS) is 15.0. The minimum Gasteiger partial charge on any atom is -0.309 e. The topological polar surface area (TPSA) is 48.5 Å². The molecule has 0 saturated carbocycles. The van der Waals surface area contributed by atoms with Gasteiger partial charge in [0, 0.05) is 38.4 Å². The molecule has 0 amide bonds. The molecule has 3 aromatic heterocycles. The summed E-state index contributed by atoms with van der Waals surface area (Å²) in [6, 6.07) is 25.4. The van der Waals surface area contributed by atoms with Crippen LogP contribution in [0.1, 0.15) is 16.4 Å². The van der Waals surface area contributed by atoms with Gasteiger partial charge in [0.2, 0.25) is 5.95 Å². The first-order chi connectivity index (χ1) is 29.8. The summed E-state index contributed by atoms with van der Waals surface area (Å²) in [6.45, 7) is 0. The van der Waals surface area contributed by atoms with Crippen LogP contribution in [0.5, 0.6) is 0 Å². The van der Waals surface area contributed by atoms with Gasteiger partial charge in [0.25, 0.3) is 0 Å². The zero-order valence-electron chi connectivity index (χ0n) is 38.1. The van der Waals surface area contributed by atoms with E-state index in [1.54, 1.807) is 16.7 Å². The first-order valence-corrected chi connectivity index (χ1v) is 15.8. The van der Waals surface area contributed by atoms with Gasteiger partial charge >= 0.3 is 0 Å². The molecule has 0 atom stereocenters. The largest absolute Gasteiger partial charge is 0.309 e. The summed E-state index contributed by atoms with van der Waals surface area (Å²) in [5, 5.41) is 1.34.